The van der Waals surface area contributed by atoms with Crippen LogP contribution in [-0.4, -0.2) is 20.9 Å². The number of rotatable bonds is 5. The topological polar surface area (TPSA) is 105 Å². The number of nitrogens with zero attached hydrogens (tertiary/aromatic N) is 2. The summed E-state index contributed by atoms with van der Waals surface area (Å²) < 4.78 is 0. The minimum Gasteiger partial charge on any atom is -0.508 e. The molecule has 4 aromatic carbocycles. The van der Waals surface area contributed by atoms with Crippen LogP contribution in [0, 0.1) is 10.1 Å². The summed E-state index contributed by atoms with van der Waals surface area (Å²) in [6.07, 6.45) is 0. The molecule has 1 aromatic heterocycles. The van der Waals surface area contributed by atoms with E-state index in [1.54, 1.807) is 42.5 Å². The summed E-state index contributed by atoms with van der Waals surface area (Å²) in [6, 6.07) is 29.6. The van der Waals surface area contributed by atoms with Gasteiger partial charge in [-0.05, 0) is 59.7 Å². The monoisotopic (exact) mass is 461 g/mol. The number of hydrogen-bond acceptors (Lipinski definition) is 5. The Morgan fingerprint density at radius 2 is 1.60 bits per heavy atom. The normalized spacial score (nSPS) is 10.7. The van der Waals surface area contributed by atoms with Gasteiger partial charge in [0.1, 0.15) is 5.75 Å². The molecule has 0 aliphatic rings. The van der Waals surface area contributed by atoms with Crippen LogP contribution in [0.1, 0.15) is 10.4 Å². The molecule has 0 bridgehead atoms. The van der Waals surface area contributed by atoms with E-state index in [9.17, 15) is 20.0 Å². The predicted octanol–water partition coefficient (Wildman–Crippen LogP) is 6.43. The molecule has 2 N–H and O–H groups in total. The Labute approximate surface area is 200 Å². The third-order valence-corrected chi connectivity index (χ3v) is 5.63. The molecule has 35 heavy (non-hydrogen) atoms. The summed E-state index contributed by atoms with van der Waals surface area (Å²) in [5.41, 5.74) is 4.90. The lowest BCUT2D eigenvalue weighted by Crippen LogP contribution is -2.11. The average Bonchev–Trinajstić information content (AvgIpc) is 2.88. The first-order valence-electron chi connectivity index (χ1n) is 10.8. The number of benzene rings is 4. The average molecular weight is 461 g/mol. The van der Waals surface area contributed by atoms with Crippen LogP contribution in [0.3, 0.4) is 0 Å². The number of non-ortho nitro benzene ring substituents is 1. The second kappa shape index (κ2) is 9.07. The lowest BCUT2D eigenvalue weighted by Gasteiger charge is -2.12. The predicted molar refractivity (Wildman–Crippen MR) is 135 cm³/mol. The van der Waals surface area contributed by atoms with Gasteiger partial charge in [-0.2, -0.15) is 0 Å². The fraction of sp³-hybridized carbons (Fsp3) is 0. The molecule has 5 rings (SSSR count). The lowest BCUT2D eigenvalue weighted by atomic mass is 9.97. The second-order valence-electron chi connectivity index (χ2n) is 7.96. The van der Waals surface area contributed by atoms with Crippen LogP contribution in [-0.2, 0) is 0 Å². The Bertz CT molecular complexity index is 1570. The van der Waals surface area contributed by atoms with Crippen LogP contribution < -0.4 is 5.32 Å². The van der Waals surface area contributed by atoms with Crippen molar-refractivity contribution in [1.29, 1.82) is 0 Å². The number of aromatic nitrogens is 1. The SMILES string of the molecule is O=C(Nc1cccc(O)c1)c1ccc2nc(-c3ccc([N+](=O)[O-])cc3)cc(-c3ccccc3)c2c1. The van der Waals surface area contributed by atoms with Gasteiger partial charge < -0.3 is 10.4 Å². The number of phenolic OH excluding ortho intramolecular Hbond substituents is 1. The van der Waals surface area contributed by atoms with Crippen molar-refractivity contribution >= 4 is 28.2 Å². The number of hydrogen-bond donors (Lipinski definition) is 2. The number of carbonyl (C=O) groups excluding carboxylic acids is 1. The molecular weight excluding hydrogens is 442 g/mol. The van der Waals surface area contributed by atoms with E-state index in [-0.39, 0.29) is 17.3 Å². The number of phenols is 1. The van der Waals surface area contributed by atoms with E-state index in [0.717, 1.165) is 22.1 Å². The number of nitro groups is 1. The number of fused-ring (bicyclic) bond motifs is 1. The lowest BCUT2D eigenvalue weighted by molar-refractivity contribution is -0.384. The molecular formula is C28H19N3O4. The molecule has 0 saturated carbocycles. The molecule has 0 radical (unpaired) electrons. The molecule has 1 amide bonds. The molecule has 0 unspecified atom stereocenters. The Morgan fingerprint density at radius 3 is 2.31 bits per heavy atom. The molecule has 7 heteroatoms. The maximum absolute atomic E-state index is 12.9. The minimum atomic E-state index is -0.434. The van der Waals surface area contributed by atoms with Gasteiger partial charge in [0, 0.05) is 40.4 Å². The summed E-state index contributed by atoms with van der Waals surface area (Å²) in [4.78, 5) is 28.3. The fourth-order valence-corrected chi connectivity index (χ4v) is 3.91. The van der Waals surface area contributed by atoms with E-state index in [4.69, 9.17) is 4.98 Å². The molecule has 0 spiro atoms. The van der Waals surface area contributed by atoms with Crippen molar-refractivity contribution in [2.24, 2.45) is 0 Å². The highest BCUT2D eigenvalue weighted by Crippen LogP contribution is 2.33. The standard InChI is InChI=1S/C28H19N3O4/c32-23-8-4-7-21(16-23)29-28(33)20-11-14-26-25(15-20)24(18-5-2-1-3-6-18)17-27(30-26)19-9-12-22(13-10-19)31(34)35/h1-17,32H,(H,29,33). The number of anilines is 1. The molecule has 0 aliphatic heterocycles. The van der Waals surface area contributed by atoms with Crippen LogP contribution >= 0.6 is 0 Å². The van der Waals surface area contributed by atoms with Gasteiger partial charge in [-0.15, -0.1) is 0 Å². The van der Waals surface area contributed by atoms with Crippen LogP contribution in [0.4, 0.5) is 11.4 Å². The van der Waals surface area contributed by atoms with Crippen LogP contribution in [0.15, 0.2) is 103 Å². The zero-order valence-corrected chi connectivity index (χ0v) is 18.4. The van der Waals surface area contributed by atoms with Gasteiger partial charge in [0.05, 0.1) is 16.1 Å². The quantitative estimate of drug-likeness (QED) is 0.232. The van der Waals surface area contributed by atoms with Crippen molar-refractivity contribution in [3.05, 3.63) is 119 Å². The van der Waals surface area contributed by atoms with Crippen molar-refractivity contribution in [3.63, 3.8) is 0 Å². The zero-order valence-electron chi connectivity index (χ0n) is 18.4. The Morgan fingerprint density at radius 1 is 0.829 bits per heavy atom. The van der Waals surface area contributed by atoms with Crippen molar-refractivity contribution in [2.75, 3.05) is 5.32 Å². The number of nitro benzene ring substituents is 1. The van der Waals surface area contributed by atoms with Crippen LogP contribution in [0.25, 0.3) is 33.3 Å². The van der Waals surface area contributed by atoms with Crippen molar-refractivity contribution in [2.45, 2.75) is 0 Å². The molecule has 7 nitrogen and oxygen atoms in total. The highest BCUT2D eigenvalue weighted by molar-refractivity contribution is 6.08. The number of amides is 1. The maximum atomic E-state index is 12.9. The van der Waals surface area contributed by atoms with Gasteiger partial charge in [-0.1, -0.05) is 36.4 Å². The van der Waals surface area contributed by atoms with Gasteiger partial charge in [0.25, 0.3) is 11.6 Å². The molecule has 1 heterocycles. The van der Waals surface area contributed by atoms with E-state index in [1.807, 2.05) is 36.4 Å². The highest BCUT2D eigenvalue weighted by Gasteiger charge is 2.14. The van der Waals surface area contributed by atoms with E-state index in [1.165, 1.54) is 24.3 Å². The van der Waals surface area contributed by atoms with E-state index < -0.39 is 4.92 Å². The smallest absolute Gasteiger partial charge is 0.269 e. The van der Waals surface area contributed by atoms with E-state index in [0.29, 0.717) is 22.5 Å². The minimum absolute atomic E-state index is 0.0141. The van der Waals surface area contributed by atoms with Crippen molar-refractivity contribution in [1.82, 2.24) is 4.98 Å². The number of pyridine rings is 1. The second-order valence-corrected chi connectivity index (χ2v) is 7.96. The first-order chi connectivity index (χ1) is 17.0. The molecule has 170 valence electrons. The van der Waals surface area contributed by atoms with Gasteiger partial charge >= 0.3 is 0 Å². The largest absolute Gasteiger partial charge is 0.508 e. The summed E-state index contributed by atoms with van der Waals surface area (Å²) >= 11 is 0. The summed E-state index contributed by atoms with van der Waals surface area (Å²) in [5.74, 6) is -0.244. The summed E-state index contributed by atoms with van der Waals surface area (Å²) in [5, 5.41) is 24.3. The molecule has 0 atom stereocenters. The third kappa shape index (κ3) is 4.56. The number of aromatic hydroxyl groups is 1. The van der Waals surface area contributed by atoms with E-state index in [2.05, 4.69) is 5.32 Å². The molecule has 5 aromatic rings. The summed E-state index contributed by atoms with van der Waals surface area (Å²) in [7, 11) is 0. The Balaban J connectivity index is 1.60. The van der Waals surface area contributed by atoms with Crippen molar-refractivity contribution < 1.29 is 14.8 Å². The third-order valence-electron chi connectivity index (χ3n) is 5.63. The van der Waals surface area contributed by atoms with Crippen LogP contribution in [0.5, 0.6) is 5.75 Å². The number of carbonyl (C=O) groups is 1. The maximum Gasteiger partial charge on any atom is 0.269 e. The summed E-state index contributed by atoms with van der Waals surface area (Å²) in [6.45, 7) is 0. The number of nitrogens with one attached hydrogen (secondary N) is 1. The van der Waals surface area contributed by atoms with Gasteiger partial charge in [0.2, 0.25) is 0 Å². The van der Waals surface area contributed by atoms with E-state index >= 15 is 0 Å². The zero-order chi connectivity index (χ0) is 24.4. The Hall–Kier alpha value is -5.04. The van der Waals surface area contributed by atoms with Gasteiger partial charge in [0.15, 0.2) is 0 Å². The van der Waals surface area contributed by atoms with Crippen molar-refractivity contribution in [3.8, 4) is 28.1 Å². The Kier molecular flexibility index (Phi) is 5.65. The fourth-order valence-electron chi connectivity index (χ4n) is 3.91. The molecule has 0 fully saturated rings. The first-order valence-corrected chi connectivity index (χ1v) is 10.8. The highest BCUT2D eigenvalue weighted by atomic mass is 16.6. The van der Waals surface area contributed by atoms with Crippen LogP contribution in [0.2, 0.25) is 0 Å². The molecule has 0 aliphatic carbocycles. The first kappa shape index (κ1) is 21.8. The van der Waals surface area contributed by atoms with Gasteiger partial charge in [-0.3, -0.25) is 14.9 Å². The molecule has 0 saturated heterocycles. The van der Waals surface area contributed by atoms with Gasteiger partial charge in [-0.25, -0.2) is 4.98 Å².